The van der Waals surface area contributed by atoms with Crippen LogP contribution in [0.25, 0.3) is 11.1 Å². The molecular formula is C16H19N. The Balaban J connectivity index is 1.95. The average Bonchev–Trinajstić information content (AvgIpc) is 2.72. The molecule has 0 radical (unpaired) electrons. The Labute approximate surface area is 103 Å². The molecular weight excluding hydrogens is 206 g/mol. The van der Waals surface area contributed by atoms with Gasteiger partial charge in [-0.15, -0.1) is 0 Å². The molecule has 2 aromatic rings. The quantitative estimate of drug-likeness (QED) is 0.690. The summed E-state index contributed by atoms with van der Waals surface area (Å²) in [6.07, 6.45) is 3.49. The van der Waals surface area contributed by atoms with Crippen LogP contribution in [0.4, 0.5) is 0 Å². The van der Waals surface area contributed by atoms with Crippen LogP contribution in [0.1, 0.15) is 25.1 Å². The van der Waals surface area contributed by atoms with E-state index in [0.717, 1.165) is 6.54 Å². The molecule has 0 unspecified atom stereocenters. The van der Waals surface area contributed by atoms with Crippen molar-refractivity contribution < 1.29 is 0 Å². The Kier molecular flexibility index (Phi) is 2.19. The number of nitrogens with zero attached hydrogens (tertiary/aromatic N) is 1. The number of aromatic nitrogens is 1. The fourth-order valence-electron chi connectivity index (χ4n) is 2.76. The number of fused-ring (bicyclic) bond motifs is 1. The maximum Gasteiger partial charge on any atom is 0.0277 e. The van der Waals surface area contributed by atoms with E-state index in [1.54, 1.807) is 0 Å². The van der Waals surface area contributed by atoms with E-state index in [1.807, 2.05) is 0 Å². The van der Waals surface area contributed by atoms with E-state index in [-0.39, 0.29) is 0 Å². The van der Waals surface area contributed by atoms with Gasteiger partial charge in [0, 0.05) is 18.4 Å². The highest BCUT2D eigenvalue weighted by Crippen LogP contribution is 2.35. The van der Waals surface area contributed by atoms with Crippen molar-refractivity contribution in [1.82, 2.24) is 4.57 Å². The molecule has 1 aliphatic rings. The normalized spacial score (nSPS) is 17.1. The van der Waals surface area contributed by atoms with Crippen LogP contribution in [0.3, 0.4) is 0 Å². The minimum absolute atomic E-state index is 0.432. The second-order valence-corrected chi connectivity index (χ2v) is 6.06. The third-order valence-electron chi connectivity index (χ3n) is 3.63. The van der Waals surface area contributed by atoms with E-state index in [4.69, 9.17) is 0 Å². The van der Waals surface area contributed by atoms with Crippen molar-refractivity contribution in [1.29, 1.82) is 0 Å². The van der Waals surface area contributed by atoms with Gasteiger partial charge in [-0.2, -0.15) is 0 Å². The monoisotopic (exact) mass is 225 g/mol. The second-order valence-electron chi connectivity index (χ2n) is 6.06. The fraction of sp³-hybridized carbons (Fsp3) is 0.375. The second kappa shape index (κ2) is 3.49. The summed E-state index contributed by atoms with van der Waals surface area (Å²) < 4.78 is 2.41. The van der Waals surface area contributed by atoms with E-state index in [0.29, 0.717) is 5.41 Å². The lowest BCUT2D eigenvalue weighted by molar-refractivity contribution is 0.359. The van der Waals surface area contributed by atoms with Crippen molar-refractivity contribution in [2.75, 3.05) is 0 Å². The molecule has 2 heterocycles. The smallest absolute Gasteiger partial charge is 0.0277 e. The zero-order chi connectivity index (χ0) is 12.0. The summed E-state index contributed by atoms with van der Waals surface area (Å²) in [4.78, 5) is 0. The first-order valence-corrected chi connectivity index (χ1v) is 6.30. The summed E-state index contributed by atoms with van der Waals surface area (Å²) >= 11 is 0. The minimum atomic E-state index is 0.432. The Hall–Kier alpha value is -1.50. The predicted octanol–water partition coefficient (Wildman–Crippen LogP) is 4.05. The van der Waals surface area contributed by atoms with Gasteiger partial charge in [0.15, 0.2) is 0 Å². The topological polar surface area (TPSA) is 4.93 Å². The molecule has 0 fully saturated rings. The Morgan fingerprint density at radius 2 is 1.76 bits per heavy atom. The molecule has 1 heteroatoms. The van der Waals surface area contributed by atoms with E-state index < -0.39 is 0 Å². The molecule has 0 aliphatic carbocycles. The Morgan fingerprint density at radius 1 is 1.06 bits per heavy atom. The van der Waals surface area contributed by atoms with Gasteiger partial charge < -0.3 is 4.57 Å². The third kappa shape index (κ3) is 1.90. The van der Waals surface area contributed by atoms with Crippen molar-refractivity contribution in [2.45, 2.75) is 33.7 Å². The molecule has 1 aromatic carbocycles. The lowest BCUT2D eigenvalue weighted by Crippen LogP contribution is -2.11. The number of hydrogen-bond donors (Lipinski definition) is 0. The van der Waals surface area contributed by atoms with Crippen LogP contribution in [0.15, 0.2) is 36.5 Å². The van der Waals surface area contributed by atoms with Gasteiger partial charge in [0.1, 0.15) is 0 Å². The number of aryl methyl sites for hydroxylation is 1. The largest absolute Gasteiger partial charge is 0.350 e. The zero-order valence-electron chi connectivity index (χ0n) is 10.8. The van der Waals surface area contributed by atoms with Crippen molar-refractivity contribution in [3.63, 3.8) is 0 Å². The van der Waals surface area contributed by atoms with E-state index in [1.165, 1.54) is 28.8 Å². The summed E-state index contributed by atoms with van der Waals surface area (Å²) in [7, 11) is 0. The molecule has 17 heavy (non-hydrogen) atoms. The highest BCUT2D eigenvalue weighted by Gasteiger charge is 2.28. The summed E-state index contributed by atoms with van der Waals surface area (Å²) in [5, 5.41) is 0. The van der Waals surface area contributed by atoms with Crippen LogP contribution < -0.4 is 0 Å². The van der Waals surface area contributed by atoms with Crippen molar-refractivity contribution in [2.24, 2.45) is 5.41 Å². The molecule has 1 aliphatic heterocycles. The van der Waals surface area contributed by atoms with Gasteiger partial charge in [0.05, 0.1) is 0 Å². The van der Waals surface area contributed by atoms with Crippen LogP contribution in [-0.2, 0) is 13.0 Å². The highest BCUT2D eigenvalue weighted by atomic mass is 15.0. The van der Waals surface area contributed by atoms with Crippen LogP contribution in [0.5, 0.6) is 0 Å². The van der Waals surface area contributed by atoms with Gasteiger partial charge in [-0.3, -0.25) is 0 Å². The molecule has 88 valence electrons. The first kappa shape index (κ1) is 10.6. The molecule has 0 saturated heterocycles. The molecule has 0 saturated carbocycles. The maximum atomic E-state index is 2.41. The van der Waals surface area contributed by atoms with Crippen molar-refractivity contribution in [3.05, 3.63) is 47.8 Å². The first-order valence-electron chi connectivity index (χ1n) is 6.30. The fourth-order valence-corrected chi connectivity index (χ4v) is 2.76. The standard InChI is InChI=1S/C16H19N/c1-12-4-6-13(7-5-12)14-8-15-9-16(2,3)11-17(15)10-14/h4-8,10H,9,11H2,1-3H3. The molecule has 0 N–H and O–H groups in total. The van der Waals surface area contributed by atoms with E-state index in [2.05, 4.69) is 61.9 Å². The molecule has 0 atom stereocenters. The van der Waals surface area contributed by atoms with Crippen LogP contribution >= 0.6 is 0 Å². The highest BCUT2D eigenvalue weighted by molar-refractivity contribution is 5.64. The summed E-state index contributed by atoms with van der Waals surface area (Å²) in [6.45, 7) is 7.96. The molecule has 1 nitrogen and oxygen atoms in total. The summed E-state index contributed by atoms with van der Waals surface area (Å²) in [5.74, 6) is 0. The number of benzene rings is 1. The maximum absolute atomic E-state index is 2.41. The van der Waals surface area contributed by atoms with E-state index in [9.17, 15) is 0 Å². The third-order valence-corrected chi connectivity index (χ3v) is 3.63. The van der Waals surface area contributed by atoms with Crippen LogP contribution in [-0.4, -0.2) is 4.57 Å². The average molecular weight is 225 g/mol. The van der Waals surface area contributed by atoms with Crippen LogP contribution in [0, 0.1) is 12.3 Å². The van der Waals surface area contributed by atoms with Crippen molar-refractivity contribution >= 4 is 0 Å². The van der Waals surface area contributed by atoms with Gasteiger partial charge in [-0.25, -0.2) is 0 Å². The molecule has 1 aromatic heterocycles. The van der Waals surface area contributed by atoms with Gasteiger partial charge in [-0.1, -0.05) is 43.7 Å². The Morgan fingerprint density at radius 3 is 2.41 bits per heavy atom. The van der Waals surface area contributed by atoms with Crippen LogP contribution in [0.2, 0.25) is 0 Å². The van der Waals surface area contributed by atoms with Gasteiger partial charge in [0.25, 0.3) is 0 Å². The predicted molar refractivity (Wildman–Crippen MR) is 72.1 cm³/mol. The lowest BCUT2D eigenvalue weighted by atomic mass is 9.91. The molecule has 3 rings (SSSR count). The van der Waals surface area contributed by atoms with Gasteiger partial charge in [0.2, 0.25) is 0 Å². The molecule has 0 amide bonds. The zero-order valence-corrected chi connectivity index (χ0v) is 10.8. The van der Waals surface area contributed by atoms with Gasteiger partial charge >= 0.3 is 0 Å². The van der Waals surface area contributed by atoms with Crippen molar-refractivity contribution in [3.8, 4) is 11.1 Å². The minimum Gasteiger partial charge on any atom is -0.350 e. The Bertz CT molecular complexity index is 518. The van der Waals surface area contributed by atoms with Gasteiger partial charge in [-0.05, 0) is 36.0 Å². The summed E-state index contributed by atoms with van der Waals surface area (Å²) in [6, 6.07) is 11.1. The van der Waals surface area contributed by atoms with E-state index >= 15 is 0 Å². The first-order chi connectivity index (χ1) is 8.03. The number of rotatable bonds is 1. The molecule has 0 spiro atoms. The SMILES string of the molecule is Cc1ccc(-c2cc3n(c2)CC(C)(C)C3)cc1. The number of hydrogen-bond acceptors (Lipinski definition) is 0. The lowest BCUT2D eigenvalue weighted by Gasteiger charge is -2.15. The summed E-state index contributed by atoms with van der Waals surface area (Å²) in [5.41, 5.74) is 5.92. The molecule has 0 bridgehead atoms.